The smallest absolute Gasteiger partial charge is 0.208 e. The second-order valence-corrected chi connectivity index (χ2v) is 5.65. The van der Waals surface area contributed by atoms with Crippen molar-refractivity contribution < 1.29 is 37.4 Å². The van der Waals surface area contributed by atoms with E-state index in [1.807, 2.05) is 12.1 Å². The number of rotatable bonds is 3. The van der Waals surface area contributed by atoms with E-state index in [0.717, 1.165) is 10.0 Å². The third-order valence-corrected chi connectivity index (χ3v) is 3.90. The number of ether oxygens (including phenoxy) is 1. The number of aromatic nitrogens is 1. The summed E-state index contributed by atoms with van der Waals surface area (Å²) in [6.45, 7) is -0.00528. The van der Waals surface area contributed by atoms with Crippen LogP contribution in [-0.4, -0.2) is 11.2 Å². The molecule has 7 heteroatoms. The molecule has 0 bridgehead atoms. The Morgan fingerprint density at radius 1 is 1.38 bits per heavy atom. The Morgan fingerprint density at radius 2 is 2.10 bits per heavy atom. The van der Waals surface area contributed by atoms with Gasteiger partial charge in [-0.3, -0.25) is 4.79 Å². The fourth-order valence-corrected chi connectivity index (χ4v) is 2.63. The summed E-state index contributed by atoms with van der Waals surface area (Å²) in [6.07, 6.45) is 0. The van der Waals surface area contributed by atoms with E-state index in [1.165, 1.54) is 4.57 Å². The van der Waals surface area contributed by atoms with E-state index in [2.05, 4.69) is 37.9 Å². The largest absolute Gasteiger partial charge is 0.479 e. The van der Waals surface area contributed by atoms with Crippen LogP contribution in [0.3, 0.4) is 0 Å². The second-order valence-electron chi connectivity index (χ2n) is 3.94. The van der Waals surface area contributed by atoms with Crippen LogP contribution < -0.4 is 10.3 Å². The summed E-state index contributed by atoms with van der Waals surface area (Å²) in [5, 5.41) is 8.49. The van der Waals surface area contributed by atoms with Gasteiger partial charge in [-0.15, -0.1) is 22.0 Å². The average molecular weight is 486 g/mol. The molecule has 21 heavy (non-hydrogen) atoms. The first-order valence-electron chi connectivity index (χ1n) is 5.61. The van der Waals surface area contributed by atoms with Gasteiger partial charge in [-0.25, -0.2) is 0 Å². The van der Waals surface area contributed by atoms with Crippen LogP contribution in [-0.2, 0) is 39.8 Å². The first-order valence-corrected chi connectivity index (χ1v) is 7.20. The third-order valence-electron chi connectivity index (χ3n) is 2.68. The minimum absolute atomic E-state index is 0. The molecule has 0 amide bonds. The van der Waals surface area contributed by atoms with Gasteiger partial charge in [0.15, 0.2) is 6.61 Å². The van der Waals surface area contributed by atoms with E-state index in [1.54, 1.807) is 25.2 Å². The number of benzene rings is 1. The van der Waals surface area contributed by atoms with E-state index in [-0.39, 0.29) is 44.9 Å². The molecule has 0 N–H and O–H groups in total. The van der Waals surface area contributed by atoms with Gasteiger partial charge >= 0.3 is 0 Å². The van der Waals surface area contributed by atoms with Crippen LogP contribution in [0.5, 0.6) is 5.75 Å². The van der Waals surface area contributed by atoms with E-state index in [4.69, 9.17) is 10.00 Å². The number of nitriles is 1. The maximum absolute atomic E-state index is 11.9. The minimum Gasteiger partial charge on any atom is -0.479 e. The van der Waals surface area contributed by atoms with Crippen LogP contribution in [0.2, 0.25) is 0 Å². The summed E-state index contributed by atoms with van der Waals surface area (Å²) in [5.74, 6) is 0.587. The van der Waals surface area contributed by atoms with Crippen LogP contribution in [0.4, 0.5) is 0 Å². The fourth-order valence-electron chi connectivity index (χ4n) is 1.70. The molecule has 0 aliphatic carbocycles. The maximum atomic E-state index is 11.9. The molecule has 0 atom stereocenters. The molecule has 2 rings (SSSR count). The first kappa shape index (κ1) is 18.6. The quantitative estimate of drug-likeness (QED) is 0.627. The molecule has 105 valence electrons. The molecule has 0 unspecified atom stereocenters. The first-order chi connectivity index (χ1) is 9.54. The Balaban J connectivity index is 0.00000220. The summed E-state index contributed by atoms with van der Waals surface area (Å²) in [5.41, 5.74) is 1.36. The zero-order chi connectivity index (χ0) is 14.7. The zero-order valence-corrected chi connectivity index (χ0v) is 17.1. The second kappa shape index (κ2) is 8.23. The summed E-state index contributed by atoms with van der Waals surface area (Å²) in [7, 11) is 1.69. The molecule has 1 aromatic carbocycles. The molecule has 1 heterocycles. The van der Waals surface area contributed by atoms with Crippen LogP contribution in [0, 0.1) is 17.4 Å². The summed E-state index contributed by atoms with van der Waals surface area (Å²) in [4.78, 5) is 11.9. The molecule has 1 aromatic heterocycles. The van der Waals surface area contributed by atoms with Gasteiger partial charge in [-0.05, 0) is 21.1 Å². The van der Waals surface area contributed by atoms with E-state index in [9.17, 15) is 4.79 Å². The minimum atomic E-state index is -0.129. The van der Waals surface area contributed by atoms with Crippen LogP contribution in [0.15, 0.2) is 38.0 Å². The van der Waals surface area contributed by atoms with Gasteiger partial charge in [-0.1, -0.05) is 27.2 Å². The molecule has 0 fully saturated rings. The molecular weight excluding hydrogens is 477 g/mol. The summed E-state index contributed by atoms with van der Waals surface area (Å²) >= 11 is 6.63. The number of hydrogen-bond acceptors (Lipinski definition) is 3. The number of hydrogen-bond donors (Lipinski definition) is 0. The Kier molecular flexibility index (Phi) is 7.28. The van der Waals surface area contributed by atoms with Crippen molar-refractivity contribution in [2.24, 2.45) is 7.05 Å². The van der Waals surface area contributed by atoms with Gasteiger partial charge in [0, 0.05) is 39.8 Å². The topological polar surface area (TPSA) is 55.0 Å². The molecular formula is C14H9Br2N2O2Y-. The van der Waals surface area contributed by atoms with E-state index < -0.39 is 0 Å². The van der Waals surface area contributed by atoms with Crippen molar-refractivity contribution in [1.29, 1.82) is 5.26 Å². The molecule has 0 saturated carbocycles. The van der Waals surface area contributed by atoms with Crippen LogP contribution in [0.1, 0.15) is 0 Å². The Hall–Kier alpha value is -0.476. The molecule has 0 aliphatic rings. The molecule has 4 nitrogen and oxygen atoms in total. The number of halogens is 2. The van der Waals surface area contributed by atoms with Crippen molar-refractivity contribution in [3.63, 3.8) is 0 Å². The van der Waals surface area contributed by atoms with Crippen molar-refractivity contribution in [3.8, 4) is 23.1 Å². The maximum Gasteiger partial charge on any atom is 0.208 e. The van der Waals surface area contributed by atoms with Gasteiger partial charge < -0.3 is 9.30 Å². The van der Waals surface area contributed by atoms with Crippen molar-refractivity contribution in [2.45, 2.75) is 0 Å². The Morgan fingerprint density at radius 3 is 2.71 bits per heavy atom. The van der Waals surface area contributed by atoms with Crippen molar-refractivity contribution >= 4 is 31.9 Å². The summed E-state index contributed by atoms with van der Waals surface area (Å²) in [6, 6.07) is 11.9. The van der Waals surface area contributed by atoms with Crippen molar-refractivity contribution in [2.75, 3.05) is 6.61 Å². The van der Waals surface area contributed by atoms with Gasteiger partial charge in [0.25, 0.3) is 0 Å². The monoisotopic (exact) mass is 484 g/mol. The summed E-state index contributed by atoms with van der Waals surface area (Å²) < 4.78 is 7.97. The van der Waals surface area contributed by atoms with Crippen LogP contribution in [0.25, 0.3) is 11.3 Å². The standard InChI is InChI=1S/C14H9Br2N2O2.Y/c1-18-13(5-4-11(15)14(18)19)10-3-2-9(8-12(10)16)20-7-6-17;/h2-4,8H,7H2,1H3;/q-1;. The Labute approximate surface area is 164 Å². The number of nitrogens with zero attached hydrogens (tertiary/aromatic N) is 2. The number of pyridine rings is 1. The van der Waals surface area contributed by atoms with Gasteiger partial charge in [0.05, 0.1) is 0 Å². The van der Waals surface area contributed by atoms with Crippen molar-refractivity contribution in [1.82, 2.24) is 4.57 Å². The average Bonchev–Trinajstić information content (AvgIpc) is 2.44. The fraction of sp³-hybridized carbons (Fsp3) is 0.143. The van der Waals surface area contributed by atoms with Crippen molar-refractivity contribution in [3.05, 3.63) is 49.6 Å². The molecule has 1 radical (unpaired) electrons. The predicted molar refractivity (Wildman–Crippen MR) is 82.5 cm³/mol. The van der Waals surface area contributed by atoms with E-state index >= 15 is 0 Å². The molecule has 0 aliphatic heterocycles. The molecule has 0 saturated heterocycles. The predicted octanol–water partition coefficient (Wildman–Crippen LogP) is 3.28. The third kappa shape index (κ3) is 4.26. The zero-order valence-electron chi connectivity index (χ0n) is 11.1. The van der Waals surface area contributed by atoms with Gasteiger partial charge in [0.2, 0.25) is 5.56 Å². The van der Waals surface area contributed by atoms with Crippen LogP contribution >= 0.6 is 31.9 Å². The molecule has 2 aromatic rings. The van der Waals surface area contributed by atoms with Gasteiger partial charge in [0.1, 0.15) is 11.8 Å². The van der Waals surface area contributed by atoms with Gasteiger partial charge in [-0.2, -0.15) is 17.4 Å². The van der Waals surface area contributed by atoms with E-state index in [0.29, 0.717) is 15.9 Å². The Bertz CT molecular complexity index is 754. The normalized spacial score (nSPS) is 9.62. The SMILES string of the molecule is Cn1c(-c2ccc(OCC#N)cc2Br)[c-]cc(Br)c1=O.[Y]. The molecule has 0 spiro atoms.